The zero-order chi connectivity index (χ0) is 16.9. The van der Waals surface area contributed by atoms with E-state index >= 15 is 0 Å². The molecule has 0 saturated heterocycles. The molecule has 1 amide bonds. The number of carbonyl (C=O) groups is 1. The van der Waals surface area contributed by atoms with Crippen molar-refractivity contribution in [1.29, 1.82) is 0 Å². The monoisotopic (exact) mass is 344 g/mol. The van der Waals surface area contributed by atoms with Crippen molar-refractivity contribution in [2.45, 2.75) is 13.1 Å². The molecule has 0 spiro atoms. The van der Waals surface area contributed by atoms with E-state index in [1.807, 2.05) is 12.1 Å². The Morgan fingerprint density at radius 2 is 2.00 bits per heavy atom. The molecule has 2 heterocycles. The van der Waals surface area contributed by atoms with Gasteiger partial charge in [0.15, 0.2) is 0 Å². The van der Waals surface area contributed by atoms with E-state index < -0.39 is 0 Å². The van der Waals surface area contributed by atoms with Crippen molar-refractivity contribution in [3.05, 3.63) is 69.9 Å². The minimum absolute atomic E-state index is 0.103. The first kappa shape index (κ1) is 15.9. The molecule has 8 heteroatoms. The van der Waals surface area contributed by atoms with E-state index in [1.165, 1.54) is 23.2 Å². The Kier molecular flexibility index (Phi) is 4.72. The summed E-state index contributed by atoms with van der Waals surface area (Å²) in [5, 5.41) is 10.8. The van der Waals surface area contributed by atoms with Crippen LogP contribution in [0.5, 0.6) is 0 Å². The zero-order valence-corrected chi connectivity index (χ0v) is 13.2. The highest BCUT2D eigenvalue weighted by Gasteiger charge is 2.09. The fourth-order valence-electron chi connectivity index (χ4n) is 2.09. The Bertz CT molecular complexity index is 888. The fourth-order valence-corrected chi connectivity index (χ4v) is 2.22. The molecule has 7 nitrogen and oxygen atoms in total. The second-order valence-electron chi connectivity index (χ2n) is 5.03. The molecule has 1 N–H and O–H groups in total. The van der Waals surface area contributed by atoms with Crippen LogP contribution in [0.3, 0.4) is 0 Å². The van der Waals surface area contributed by atoms with Crippen molar-refractivity contribution in [2.24, 2.45) is 0 Å². The van der Waals surface area contributed by atoms with Crippen molar-refractivity contribution >= 4 is 17.5 Å². The van der Waals surface area contributed by atoms with Gasteiger partial charge >= 0.3 is 0 Å². The van der Waals surface area contributed by atoms with Crippen LogP contribution in [0.4, 0.5) is 0 Å². The third-order valence-corrected chi connectivity index (χ3v) is 3.56. The largest absolute Gasteiger partial charge is 0.423 e. The molecule has 0 atom stereocenters. The fraction of sp³-hybridized carbons (Fsp3) is 0.125. The van der Waals surface area contributed by atoms with Gasteiger partial charge in [0.2, 0.25) is 18.2 Å². The molecule has 3 rings (SSSR count). The molecule has 0 bridgehead atoms. The second kappa shape index (κ2) is 7.10. The van der Waals surface area contributed by atoms with Gasteiger partial charge < -0.3 is 14.3 Å². The number of nitrogens with one attached hydrogen (secondary N) is 1. The summed E-state index contributed by atoms with van der Waals surface area (Å²) in [5.41, 5.74) is 1.19. The molecular formula is C16H13ClN4O3. The highest BCUT2D eigenvalue weighted by Crippen LogP contribution is 2.13. The number of nitrogens with zero attached hydrogens (tertiary/aromatic N) is 3. The van der Waals surface area contributed by atoms with Crippen molar-refractivity contribution in [3.8, 4) is 11.5 Å². The summed E-state index contributed by atoms with van der Waals surface area (Å²) in [4.78, 5) is 23.9. The van der Waals surface area contributed by atoms with Crippen LogP contribution in [0.25, 0.3) is 11.5 Å². The number of halogens is 1. The first-order chi connectivity index (χ1) is 11.6. The number of amides is 1. The number of hydrogen-bond donors (Lipinski definition) is 1. The first-order valence-corrected chi connectivity index (χ1v) is 7.48. The van der Waals surface area contributed by atoms with Gasteiger partial charge in [-0.3, -0.25) is 9.59 Å². The predicted molar refractivity (Wildman–Crippen MR) is 87.3 cm³/mol. The molecule has 0 radical (unpaired) electrons. The molecule has 2 aromatic heterocycles. The molecular weight excluding hydrogens is 332 g/mol. The molecule has 0 aliphatic rings. The smallest absolute Gasteiger partial charge is 0.251 e. The summed E-state index contributed by atoms with van der Waals surface area (Å²) < 4.78 is 6.37. The number of hydrogen-bond acceptors (Lipinski definition) is 5. The lowest BCUT2D eigenvalue weighted by atomic mass is 10.2. The molecule has 0 fully saturated rings. The quantitative estimate of drug-likeness (QED) is 0.763. The third-order valence-electron chi connectivity index (χ3n) is 3.31. The number of pyridine rings is 1. The van der Waals surface area contributed by atoms with E-state index in [4.69, 9.17) is 16.0 Å². The Hall–Kier alpha value is -2.93. The van der Waals surface area contributed by atoms with Crippen molar-refractivity contribution < 1.29 is 9.21 Å². The van der Waals surface area contributed by atoms with E-state index in [-0.39, 0.29) is 23.9 Å². The van der Waals surface area contributed by atoms with Crippen LogP contribution in [0.15, 0.2) is 58.2 Å². The van der Waals surface area contributed by atoms with Gasteiger partial charge in [0, 0.05) is 23.8 Å². The molecule has 122 valence electrons. The van der Waals surface area contributed by atoms with Gasteiger partial charge in [-0.2, -0.15) is 0 Å². The van der Waals surface area contributed by atoms with Crippen LogP contribution < -0.4 is 10.9 Å². The predicted octanol–water partition coefficient (Wildman–Crippen LogP) is 1.87. The van der Waals surface area contributed by atoms with Crippen LogP contribution in [0, 0.1) is 0 Å². The van der Waals surface area contributed by atoms with E-state index in [0.29, 0.717) is 17.1 Å². The van der Waals surface area contributed by atoms with E-state index in [9.17, 15) is 9.59 Å². The summed E-state index contributed by atoms with van der Waals surface area (Å²) in [6.45, 7) is 0.252. The Balaban J connectivity index is 1.66. The average Bonchev–Trinajstić information content (AvgIpc) is 3.11. The van der Waals surface area contributed by atoms with Gasteiger partial charge in [-0.25, -0.2) is 0 Å². The van der Waals surface area contributed by atoms with E-state index in [0.717, 1.165) is 5.56 Å². The number of aromatic nitrogens is 3. The second-order valence-corrected chi connectivity index (χ2v) is 5.47. The summed E-state index contributed by atoms with van der Waals surface area (Å²) in [6, 6.07) is 10.1. The lowest BCUT2D eigenvalue weighted by molar-refractivity contribution is -0.121. The maximum atomic E-state index is 12.1. The van der Waals surface area contributed by atoms with Gasteiger partial charge in [-0.05, 0) is 23.8 Å². The van der Waals surface area contributed by atoms with Crippen LogP contribution >= 0.6 is 11.6 Å². The van der Waals surface area contributed by atoms with Gasteiger partial charge in [-0.15, -0.1) is 10.2 Å². The molecule has 0 saturated carbocycles. The minimum atomic E-state index is -0.292. The summed E-state index contributed by atoms with van der Waals surface area (Å²) in [6.07, 6.45) is 2.71. The van der Waals surface area contributed by atoms with Gasteiger partial charge in [-0.1, -0.05) is 23.7 Å². The first-order valence-electron chi connectivity index (χ1n) is 7.10. The third kappa shape index (κ3) is 3.88. The number of benzene rings is 1. The Morgan fingerprint density at radius 3 is 2.71 bits per heavy atom. The van der Waals surface area contributed by atoms with Crippen LogP contribution in [0.2, 0.25) is 5.02 Å². The molecule has 24 heavy (non-hydrogen) atoms. The Labute approximate surface area is 141 Å². The highest BCUT2D eigenvalue weighted by molar-refractivity contribution is 6.30. The Morgan fingerprint density at radius 1 is 1.21 bits per heavy atom. The van der Waals surface area contributed by atoms with Crippen molar-refractivity contribution in [1.82, 2.24) is 20.1 Å². The number of rotatable bonds is 5. The summed E-state index contributed by atoms with van der Waals surface area (Å²) >= 11 is 5.81. The van der Waals surface area contributed by atoms with Crippen LogP contribution in [0.1, 0.15) is 5.56 Å². The summed E-state index contributed by atoms with van der Waals surface area (Å²) in [7, 11) is 0. The van der Waals surface area contributed by atoms with Crippen LogP contribution in [-0.4, -0.2) is 20.7 Å². The zero-order valence-electron chi connectivity index (χ0n) is 12.5. The number of carbonyl (C=O) groups excluding carboxylic acids is 1. The molecule has 3 aromatic rings. The van der Waals surface area contributed by atoms with E-state index in [1.54, 1.807) is 18.2 Å². The maximum absolute atomic E-state index is 12.1. The van der Waals surface area contributed by atoms with E-state index in [2.05, 4.69) is 15.5 Å². The summed E-state index contributed by atoms with van der Waals surface area (Å²) in [5.74, 6) is 0.0000477. The molecule has 0 aliphatic heterocycles. The highest BCUT2D eigenvalue weighted by atomic mass is 35.5. The molecule has 0 unspecified atom stereocenters. The lowest BCUT2D eigenvalue weighted by Crippen LogP contribution is -2.31. The SMILES string of the molecule is O=C(Cn1cc(-c2nnco2)ccc1=O)NCc1ccc(Cl)cc1. The normalized spacial score (nSPS) is 10.5. The van der Waals surface area contributed by atoms with Crippen LogP contribution in [-0.2, 0) is 17.9 Å². The standard InChI is InChI=1S/C16H13ClN4O3/c17-13-4-1-11(2-5-13)7-18-14(22)9-21-8-12(3-6-15(21)23)16-20-19-10-24-16/h1-6,8,10H,7,9H2,(H,18,22). The average molecular weight is 345 g/mol. The molecule has 0 aliphatic carbocycles. The molecule has 1 aromatic carbocycles. The maximum Gasteiger partial charge on any atom is 0.251 e. The van der Waals surface area contributed by atoms with Gasteiger partial charge in [0.1, 0.15) is 6.54 Å². The van der Waals surface area contributed by atoms with Gasteiger partial charge in [0.25, 0.3) is 5.56 Å². The minimum Gasteiger partial charge on any atom is -0.423 e. The topological polar surface area (TPSA) is 90.0 Å². The van der Waals surface area contributed by atoms with Gasteiger partial charge in [0.05, 0.1) is 5.56 Å². The lowest BCUT2D eigenvalue weighted by Gasteiger charge is -2.08. The van der Waals surface area contributed by atoms with Crippen molar-refractivity contribution in [2.75, 3.05) is 0 Å². The van der Waals surface area contributed by atoms with Crippen molar-refractivity contribution in [3.63, 3.8) is 0 Å².